The normalized spacial score (nSPS) is 14.3. The predicted molar refractivity (Wildman–Crippen MR) is 118 cm³/mol. The zero-order valence-corrected chi connectivity index (χ0v) is 17.8. The second kappa shape index (κ2) is 8.84. The molecule has 2 heterocycles. The minimum Gasteiger partial charge on any atom is -0.378 e. The van der Waals surface area contributed by atoms with E-state index in [0.717, 1.165) is 11.3 Å². The molecule has 0 aliphatic carbocycles. The number of nitrogens with zero attached hydrogens (tertiary/aromatic N) is 4. The molecule has 0 atom stereocenters. The highest BCUT2D eigenvalue weighted by Gasteiger charge is 2.17. The average molecular weight is 442 g/mol. The van der Waals surface area contributed by atoms with E-state index in [-0.39, 0.29) is 4.90 Å². The van der Waals surface area contributed by atoms with Crippen LogP contribution >= 0.6 is 0 Å². The Morgan fingerprint density at radius 3 is 1.90 bits per heavy atom. The van der Waals surface area contributed by atoms with Crippen LogP contribution in [0.3, 0.4) is 0 Å². The zero-order chi connectivity index (χ0) is 21.8. The second-order valence-corrected chi connectivity index (χ2v) is 8.63. The van der Waals surface area contributed by atoms with Crippen molar-refractivity contribution in [2.75, 3.05) is 41.8 Å². The van der Waals surface area contributed by atoms with Gasteiger partial charge < -0.3 is 20.3 Å². The Balaban J connectivity index is 1.62. The smallest absolute Gasteiger partial charge is 0.238 e. The Labute approximate surface area is 180 Å². The average Bonchev–Trinajstić information content (AvgIpc) is 2.76. The number of benzene rings is 2. The van der Waals surface area contributed by atoms with Crippen LogP contribution in [0.15, 0.2) is 53.4 Å². The molecule has 0 spiro atoms. The number of aromatic nitrogens is 3. The molecule has 0 saturated carbocycles. The van der Waals surface area contributed by atoms with Gasteiger partial charge in [0.15, 0.2) is 0 Å². The Morgan fingerprint density at radius 2 is 1.39 bits per heavy atom. The minimum absolute atomic E-state index is 0.0319. The van der Waals surface area contributed by atoms with E-state index < -0.39 is 10.0 Å². The monoisotopic (exact) mass is 441 g/mol. The highest BCUT2D eigenvalue weighted by Crippen LogP contribution is 2.22. The van der Waals surface area contributed by atoms with Crippen molar-refractivity contribution in [1.29, 1.82) is 0 Å². The minimum atomic E-state index is -3.76. The van der Waals surface area contributed by atoms with Gasteiger partial charge in [-0.1, -0.05) is 17.7 Å². The number of hydrogen-bond acceptors (Lipinski definition) is 9. The van der Waals surface area contributed by atoms with E-state index in [4.69, 9.17) is 9.88 Å². The maximum Gasteiger partial charge on any atom is 0.238 e. The molecule has 1 saturated heterocycles. The van der Waals surface area contributed by atoms with E-state index in [1.165, 1.54) is 12.1 Å². The SMILES string of the molecule is Cc1ccc(Nc2nc(Nc3ccc(S(N)(=O)=O)cc3)nc(N3CCOCC3)n2)cc1. The van der Waals surface area contributed by atoms with Crippen molar-refractivity contribution >= 4 is 39.2 Å². The fraction of sp³-hybridized carbons (Fsp3) is 0.250. The van der Waals surface area contributed by atoms with Gasteiger partial charge in [-0.3, -0.25) is 0 Å². The molecule has 4 rings (SSSR count). The summed E-state index contributed by atoms with van der Waals surface area (Å²) in [4.78, 5) is 15.6. The lowest BCUT2D eigenvalue weighted by molar-refractivity contribution is 0.122. The second-order valence-electron chi connectivity index (χ2n) is 7.07. The van der Waals surface area contributed by atoms with Crippen molar-refractivity contribution in [1.82, 2.24) is 15.0 Å². The van der Waals surface area contributed by atoms with Crippen LogP contribution in [0.1, 0.15) is 5.56 Å². The third-order valence-corrected chi connectivity index (χ3v) is 5.59. The van der Waals surface area contributed by atoms with Gasteiger partial charge >= 0.3 is 0 Å². The molecule has 3 aromatic rings. The fourth-order valence-electron chi connectivity index (χ4n) is 3.00. The Hall–Kier alpha value is -3.28. The molecule has 0 radical (unpaired) electrons. The van der Waals surface area contributed by atoms with Crippen molar-refractivity contribution < 1.29 is 13.2 Å². The van der Waals surface area contributed by atoms with Crippen molar-refractivity contribution in [3.8, 4) is 0 Å². The molecule has 31 heavy (non-hydrogen) atoms. The molecule has 0 bridgehead atoms. The summed E-state index contributed by atoms with van der Waals surface area (Å²) in [5, 5.41) is 11.5. The first-order valence-corrected chi connectivity index (χ1v) is 11.2. The molecule has 2 aromatic carbocycles. The van der Waals surface area contributed by atoms with Gasteiger partial charge in [0.1, 0.15) is 0 Å². The molecule has 0 unspecified atom stereocenters. The summed E-state index contributed by atoms with van der Waals surface area (Å²) in [5.74, 6) is 1.25. The maximum absolute atomic E-state index is 11.5. The molecular formula is C20H23N7O3S. The van der Waals surface area contributed by atoms with E-state index in [1.807, 2.05) is 36.1 Å². The zero-order valence-electron chi connectivity index (χ0n) is 16.9. The van der Waals surface area contributed by atoms with E-state index in [2.05, 4.69) is 25.6 Å². The molecule has 162 valence electrons. The van der Waals surface area contributed by atoms with E-state index in [1.54, 1.807) is 12.1 Å². The van der Waals surface area contributed by atoms with Crippen LogP contribution in [0.5, 0.6) is 0 Å². The van der Waals surface area contributed by atoms with Crippen molar-refractivity contribution in [2.24, 2.45) is 5.14 Å². The van der Waals surface area contributed by atoms with E-state index in [0.29, 0.717) is 49.8 Å². The Morgan fingerprint density at radius 1 is 0.871 bits per heavy atom. The summed E-state index contributed by atoms with van der Waals surface area (Å²) >= 11 is 0. The number of morpholine rings is 1. The molecule has 1 aliphatic rings. The van der Waals surface area contributed by atoms with E-state index in [9.17, 15) is 8.42 Å². The van der Waals surface area contributed by atoms with Crippen LogP contribution in [-0.4, -0.2) is 49.7 Å². The summed E-state index contributed by atoms with van der Waals surface area (Å²) in [7, 11) is -3.76. The number of nitrogens with one attached hydrogen (secondary N) is 2. The number of nitrogens with two attached hydrogens (primary N) is 1. The van der Waals surface area contributed by atoms with Crippen LogP contribution in [0, 0.1) is 6.92 Å². The van der Waals surface area contributed by atoms with Crippen LogP contribution in [0.4, 0.5) is 29.2 Å². The van der Waals surface area contributed by atoms with Gasteiger partial charge in [0.2, 0.25) is 27.9 Å². The molecule has 1 aromatic heterocycles. The summed E-state index contributed by atoms with van der Waals surface area (Å²) in [6, 6.07) is 14.0. The molecule has 10 nitrogen and oxygen atoms in total. The first kappa shape index (κ1) is 21.0. The number of ether oxygens (including phenoxy) is 1. The highest BCUT2D eigenvalue weighted by molar-refractivity contribution is 7.89. The van der Waals surface area contributed by atoms with Crippen LogP contribution < -0.4 is 20.7 Å². The lowest BCUT2D eigenvalue weighted by atomic mass is 10.2. The molecule has 4 N–H and O–H groups in total. The lowest BCUT2D eigenvalue weighted by Crippen LogP contribution is -2.37. The Kier molecular flexibility index (Phi) is 5.98. The first-order valence-electron chi connectivity index (χ1n) is 9.69. The topological polar surface area (TPSA) is 135 Å². The maximum atomic E-state index is 11.5. The van der Waals surface area contributed by atoms with Gasteiger partial charge in [-0.15, -0.1) is 0 Å². The van der Waals surface area contributed by atoms with Crippen LogP contribution in [0.2, 0.25) is 0 Å². The molecule has 0 amide bonds. The van der Waals surface area contributed by atoms with Gasteiger partial charge in [0.25, 0.3) is 0 Å². The van der Waals surface area contributed by atoms with Crippen molar-refractivity contribution in [3.05, 3.63) is 54.1 Å². The largest absolute Gasteiger partial charge is 0.378 e. The standard InChI is InChI=1S/C20H23N7O3S/c1-14-2-4-15(5-3-14)22-18-24-19(26-20(25-18)27-10-12-30-13-11-27)23-16-6-8-17(9-7-16)31(21,28)29/h2-9H,10-13H2,1H3,(H2,21,28,29)(H2,22,23,24,25,26). The van der Waals surface area contributed by atoms with Crippen molar-refractivity contribution in [2.45, 2.75) is 11.8 Å². The van der Waals surface area contributed by atoms with Crippen LogP contribution in [-0.2, 0) is 14.8 Å². The summed E-state index contributed by atoms with van der Waals surface area (Å²) in [5.41, 5.74) is 2.63. The highest BCUT2D eigenvalue weighted by atomic mass is 32.2. The van der Waals surface area contributed by atoms with Gasteiger partial charge in [0, 0.05) is 24.5 Å². The van der Waals surface area contributed by atoms with Crippen LogP contribution in [0.25, 0.3) is 0 Å². The van der Waals surface area contributed by atoms with Gasteiger partial charge in [0.05, 0.1) is 18.1 Å². The summed E-state index contributed by atoms with van der Waals surface area (Å²) < 4.78 is 28.3. The first-order chi connectivity index (χ1) is 14.9. The third-order valence-electron chi connectivity index (χ3n) is 4.66. The number of hydrogen-bond donors (Lipinski definition) is 3. The van der Waals surface area contributed by atoms with E-state index >= 15 is 0 Å². The van der Waals surface area contributed by atoms with Gasteiger partial charge in [-0.2, -0.15) is 15.0 Å². The third kappa shape index (κ3) is 5.45. The number of sulfonamides is 1. The number of aryl methyl sites for hydroxylation is 1. The summed E-state index contributed by atoms with van der Waals surface area (Å²) in [6.07, 6.45) is 0. The molecular weight excluding hydrogens is 418 g/mol. The van der Waals surface area contributed by atoms with Gasteiger partial charge in [-0.25, -0.2) is 13.6 Å². The molecule has 1 fully saturated rings. The molecule has 1 aliphatic heterocycles. The van der Waals surface area contributed by atoms with Gasteiger partial charge in [-0.05, 0) is 43.3 Å². The number of rotatable bonds is 6. The Bertz CT molecular complexity index is 1150. The summed E-state index contributed by atoms with van der Waals surface area (Å²) in [6.45, 7) is 4.58. The quantitative estimate of drug-likeness (QED) is 0.526. The number of primary sulfonamides is 1. The van der Waals surface area contributed by atoms with Crippen molar-refractivity contribution in [3.63, 3.8) is 0 Å². The fourth-order valence-corrected chi connectivity index (χ4v) is 3.52. The lowest BCUT2D eigenvalue weighted by Gasteiger charge is -2.27. The predicted octanol–water partition coefficient (Wildman–Crippen LogP) is 2.15. The number of anilines is 5. The molecule has 11 heteroatoms.